The average Bonchev–Trinajstić information content (AvgIpc) is 2.62. The van der Waals surface area contributed by atoms with Gasteiger partial charge in [0, 0.05) is 25.8 Å². The van der Waals surface area contributed by atoms with Crippen LogP contribution in [0.25, 0.3) is 0 Å². The zero-order valence-electron chi connectivity index (χ0n) is 15.6. The highest BCUT2D eigenvalue weighted by Crippen LogP contribution is 2.30. The molecule has 1 aromatic carbocycles. The van der Waals surface area contributed by atoms with Crippen LogP contribution in [-0.4, -0.2) is 43.9 Å². The summed E-state index contributed by atoms with van der Waals surface area (Å²) in [6.07, 6.45) is 2.72. The van der Waals surface area contributed by atoms with Gasteiger partial charge in [0.15, 0.2) is 5.96 Å². The van der Waals surface area contributed by atoms with Crippen molar-refractivity contribution in [2.75, 3.05) is 32.8 Å². The molecule has 0 saturated carbocycles. The van der Waals surface area contributed by atoms with Gasteiger partial charge in [-0.15, -0.1) is 0 Å². The average molecular weight is 353 g/mol. The maximum absolute atomic E-state index is 13.1. The van der Waals surface area contributed by atoms with Crippen molar-refractivity contribution >= 4 is 5.96 Å². The molecule has 0 fully saturated rings. The number of nitrogens with zero attached hydrogens (tertiary/aromatic N) is 1. The van der Waals surface area contributed by atoms with Gasteiger partial charge in [0.2, 0.25) is 0 Å². The fourth-order valence-electron chi connectivity index (χ4n) is 2.63. The molecule has 0 aliphatic heterocycles. The summed E-state index contributed by atoms with van der Waals surface area (Å²) in [6, 6.07) is 6.11. The molecule has 1 aromatic rings. The van der Waals surface area contributed by atoms with Gasteiger partial charge >= 0.3 is 0 Å². The Labute approximate surface area is 150 Å². The summed E-state index contributed by atoms with van der Waals surface area (Å²) in [5, 5.41) is 15.8. The van der Waals surface area contributed by atoms with Crippen LogP contribution in [0, 0.1) is 11.2 Å². The summed E-state index contributed by atoms with van der Waals surface area (Å²) >= 11 is 0. The number of benzene rings is 1. The lowest BCUT2D eigenvalue weighted by molar-refractivity contribution is 0.175. The van der Waals surface area contributed by atoms with Gasteiger partial charge in [0.1, 0.15) is 18.2 Å². The largest absolute Gasteiger partial charge is 0.492 e. The van der Waals surface area contributed by atoms with Gasteiger partial charge < -0.3 is 20.5 Å². The minimum absolute atomic E-state index is 0.0369. The lowest BCUT2D eigenvalue weighted by Gasteiger charge is -2.29. The third-order valence-corrected chi connectivity index (χ3v) is 4.52. The van der Waals surface area contributed by atoms with Gasteiger partial charge in [0.05, 0.1) is 6.54 Å². The van der Waals surface area contributed by atoms with E-state index >= 15 is 0 Å². The highest BCUT2D eigenvalue weighted by atomic mass is 19.1. The van der Waals surface area contributed by atoms with Crippen molar-refractivity contribution in [3.8, 4) is 5.75 Å². The molecule has 0 aliphatic carbocycles. The molecule has 0 bridgehead atoms. The summed E-state index contributed by atoms with van der Waals surface area (Å²) in [5.74, 6) is 0.942. The monoisotopic (exact) mass is 353 g/mol. The van der Waals surface area contributed by atoms with Crippen LogP contribution in [0.5, 0.6) is 5.75 Å². The van der Waals surface area contributed by atoms with Gasteiger partial charge in [-0.25, -0.2) is 4.39 Å². The van der Waals surface area contributed by atoms with Crippen LogP contribution in [0.15, 0.2) is 29.3 Å². The Hall–Kier alpha value is -1.82. The first-order chi connectivity index (χ1) is 12.1. The third kappa shape index (κ3) is 7.73. The fourth-order valence-corrected chi connectivity index (χ4v) is 2.63. The van der Waals surface area contributed by atoms with Gasteiger partial charge in [-0.05, 0) is 43.7 Å². The summed E-state index contributed by atoms with van der Waals surface area (Å²) in [6.45, 7) is 8.89. The number of aliphatic hydroxyl groups is 1. The topological polar surface area (TPSA) is 65.9 Å². The molecule has 0 radical (unpaired) electrons. The molecule has 0 amide bonds. The van der Waals surface area contributed by atoms with Crippen molar-refractivity contribution in [2.24, 2.45) is 10.4 Å². The van der Waals surface area contributed by atoms with E-state index in [9.17, 15) is 9.50 Å². The molecule has 5 nitrogen and oxygen atoms in total. The molecular weight excluding hydrogens is 321 g/mol. The molecule has 0 unspecified atom stereocenters. The van der Waals surface area contributed by atoms with E-state index < -0.39 is 0 Å². The van der Waals surface area contributed by atoms with Crippen LogP contribution in [0.2, 0.25) is 0 Å². The number of guanidine groups is 1. The van der Waals surface area contributed by atoms with Gasteiger partial charge in [-0.2, -0.15) is 0 Å². The third-order valence-electron chi connectivity index (χ3n) is 4.52. The summed E-state index contributed by atoms with van der Waals surface area (Å²) in [5.41, 5.74) is 0.0369. The van der Waals surface area contributed by atoms with Crippen LogP contribution in [-0.2, 0) is 0 Å². The molecule has 0 saturated heterocycles. The first-order valence-corrected chi connectivity index (χ1v) is 9.10. The van der Waals surface area contributed by atoms with Crippen LogP contribution in [0.1, 0.15) is 40.0 Å². The van der Waals surface area contributed by atoms with Crippen molar-refractivity contribution in [2.45, 2.75) is 40.0 Å². The Kier molecular flexibility index (Phi) is 9.92. The Bertz CT molecular complexity index is 519. The molecule has 25 heavy (non-hydrogen) atoms. The number of ether oxygens (including phenoxy) is 1. The summed E-state index contributed by atoms with van der Waals surface area (Å²) < 4.78 is 18.6. The molecule has 0 heterocycles. The number of hydrogen-bond donors (Lipinski definition) is 3. The van der Waals surface area contributed by atoms with E-state index in [-0.39, 0.29) is 17.8 Å². The van der Waals surface area contributed by atoms with E-state index in [1.54, 1.807) is 12.1 Å². The first-order valence-electron chi connectivity index (χ1n) is 9.10. The minimum atomic E-state index is -0.306. The first kappa shape index (κ1) is 21.2. The Morgan fingerprint density at radius 1 is 1.24 bits per heavy atom. The van der Waals surface area contributed by atoms with Crippen molar-refractivity contribution in [1.29, 1.82) is 0 Å². The summed E-state index contributed by atoms with van der Waals surface area (Å²) in [7, 11) is 0. The van der Waals surface area contributed by atoms with E-state index in [2.05, 4.69) is 29.5 Å². The Morgan fingerprint density at radius 3 is 2.60 bits per heavy atom. The lowest BCUT2D eigenvalue weighted by atomic mass is 9.79. The standard InChI is InChI=1S/C19H32FN3O2/c1-4-19(5-2,10-12-24)15-23-18(21-6-3)22-11-13-25-17-9-7-8-16(20)14-17/h7-9,14,24H,4-6,10-13,15H2,1-3H3,(H2,21,22,23). The molecule has 142 valence electrons. The van der Waals surface area contributed by atoms with Crippen molar-refractivity contribution < 1.29 is 14.2 Å². The second kappa shape index (κ2) is 11.7. The lowest BCUT2D eigenvalue weighted by Crippen LogP contribution is -2.40. The van der Waals surface area contributed by atoms with E-state index in [0.29, 0.717) is 25.4 Å². The van der Waals surface area contributed by atoms with E-state index in [1.807, 2.05) is 6.92 Å². The second-order valence-corrected chi connectivity index (χ2v) is 6.11. The molecule has 0 aliphatic rings. The zero-order chi connectivity index (χ0) is 18.5. The van der Waals surface area contributed by atoms with Crippen LogP contribution in [0.3, 0.4) is 0 Å². The van der Waals surface area contributed by atoms with Crippen molar-refractivity contribution in [3.63, 3.8) is 0 Å². The Balaban J connectivity index is 2.52. The minimum Gasteiger partial charge on any atom is -0.492 e. The van der Waals surface area contributed by atoms with E-state index in [0.717, 1.165) is 31.8 Å². The predicted octanol–water partition coefficient (Wildman–Crippen LogP) is 2.95. The molecule has 0 atom stereocenters. The van der Waals surface area contributed by atoms with Gasteiger partial charge in [-0.3, -0.25) is 4.99 Å². The van der Waals surface area contributed by atoms with Crippen molar-refractivity contribution in [1.82, 2.24) is 10.6 Å². The fraction of sp³-hybridized carbons (Fsp3) is 0.632. The van der Waals surface area contributed by atoms with Gasteiger partial charge in [-0.1, -0.05) is 19.9 Å². The van der Waals surface area contributed by atoms with E-state index in [1.165, 1.54) is 12.1 Å². The maximum atomic E-state index is 13.1. The second-order valence-electron chi connectivity index (χ2n) is 6.11. The smallest absolute Gasteiger partial charge is 0.191 e. The number of hydrogen-bond acceptors (Lipinski definition) is 3. The number of halogens is 1. The quantitative estimate of drug-likeness (QED) is 0.325. The maximum Gasteiger partial charge on any atom is 0.191 e. The van der Waals surface area contributed by atoms with Crippen molar-refractivity contribution in [3.05, 3.63) is 30.1 Å². The molecule has 0 spiro atoms. The Morgan fingerprint density at radius 2 is 2.00 bits per heavy atom. The van der Waals surface area contributed by atoms with Crippen LogP contribution < -0.4 is 15.4 Å². The number of nitrogens with one attached hydrogen (secondary N) is 2. The van der Waals surface area contributed by atoms with E-state index in [4.69, 9.17) is 4.74 Å². The molecule has 3 N–H and O–H groups in total. The number of aliphatic hydroxyl groups excluding tert-OH is 1. The van der Waals surface area contributed by atoms with Crippen LogP contribution in [0.4, 0.5) is 4.39 Å². The highest BCUT2D eigenvalue weighted by molar-refractivity contribution is 5.79. The molecular formula is C19H32FN3O2. The highest BCUT2D eigenvalue weighted by Gasteiger charge is 2.25. The zero-order valence-corrected chi connectivity index (χ0v) is 15.6. The molecule has 1 rings (SSSR count). The van der Waals surface area contributed by atoms with Crippen LogP contribution >= 0.6 is 0 Å². The molecule has 6 heteroatoms. The SMILES string of the molecule is CCNC(=NCC(CC)(CC)CCO)NCCOc1cccc(F)c1. The number of rotatable bonds is 11. The molecule has 0 aromatic heterocycles. The summed E-state index contributed by atoms with van der Waals surface area (Å²) in [4.78, 5) is 4.67. The van der Waals surface area contributed by atoms with Gasteiger partial charge in [0.25, 0.3) is 0 Å². The normalized spacial score (nSPS) is 12.1. The number of aliphatic imine (C=N–C) groups is 1. The predicted molar refractivity (Wildman–Crippen MR) is 101 cm³/mol.